The van der Waals surface area contributed by atoms with E-state index in [2.05, 4.69) is 43.5 Å². The van der Waals surface area contributed by atoms with Crippen LogP contribution in [0.3, 0.4) is 0 Å². The number of hydrogen-bond donors (Lipinski definition) is 2. The molecule has 8 nitrogen and oxygen atoms in total. The molecule has 0 rings (SSSR count). The molecule has 0 aromatic rings. The third kappa shape index (κ3) is 44.8. The van der Waals surface area contributed by atoms with E-state index < -0.39 is 20.0 Å². The third-order valence-electron chi connectivity index (χ3n) is 11.4. The summed E-state index contributed by atoms with van der Waals surface area (Å²) in [6, 6.07) is -0.796. The van der Waals surface area contributed by atoms with Crippen molar-refractivity contribution in [2.24, 2.45) is 0 Å². The van der Waals surface area contributed by atoms with E-state index in [0.717, 1.165) is 44.9 Å². The highest BCUT2D eigenvalue weighted by Crippen LogP contribution is 2.38. The average molecular weight is 855 g/mol. The fourth-order valence-electron chi connectivity index (χ4n) is 7.42. The van der Waals surface area contributed by atoms with Crippen LogP contribution in [0.4, 0.5) is 0 Å². The monoisotopic (exact) mass is 855 g/mol. The second kappa shape index (κ2) is 42.3. The zero-order valence-corrected chi connectivity index (χ0v) is 40.6. The number of hydrogen-bond acceptors (Lipinski definition) is 6. The van der Waals surface area contributed by atoms with E-state index in [0.29, 0.717) is 23.9 Å². The summed E-state index contributed by atoms with van der Waals surface area (Å²) in [5.41, 5.74) is 0. The van der Waals surface area contributed by atoms with Crippen molar-refractivity contribution in [1.29, 1.82) is 0 Å². The van der Waals surface area contributed by atoms with E-state index in [4.69, 9.17) is 9.05 Å². The van der Waals surface area contributed by atoms with Gasteiger partial charge in [-0.1, -0.05) is 212 Å². The Labute approximate surface area is 366 Å². The molecule has 0 saturated carbocycles. The number of phosphoric ester groups is 1. The first kappa shape index (κ1) is 58.0. The van der Waals surface area contributed by atoms with E-state index in [1.54, 1.807) is 0 Å². The van der Waals surface area contributed by atoms with Gasteiger partial charge in [0.1, 0.15) is 13.2 Å². The second-order valence-electron chi connectivity index (χ2n) is 18.5. The Morgan fingerprint density at radius 1 is 0.593 bits per heavy atom. The molecule has 59 heavy (non-hydrogen) atoms. The van der Waals surface area contributed by atoms with Gasteiger partial charge in [-0.25, -0.2) is 0 Å². The zero-order chi connectivity index (χ0) is 43.6. The van der Waals surface area contributed by atoms with Crippen LogP contribution >= 0.6 is 7.82 Å². The van der Waals surface area contributed by atoms with Gasteiger partial charge in [-0.05, 0) is 44.9 Å². The fraction of sp³-hybridized carbons (Fsp3) is 0.900. The zero-order valence-electron chi connectivity index (χ0n) is 39.7. The van der Waals surface area contributed by atoms with E-state index in [1.165, 1.54) is 167 Å². The SMILES string of the molecule is CCCCCCC/C=C\C/C=C\CCCCCCCCCCCCCCCCCC(=O)NC(COP(=O)([O-])OCC[N+](C)(C)C)C(O)CCCCCCCCCCCC. The molecule has 0 bridgehead atoms. The van der Waals surface area contributed by atoms with E-state index in [-0.39, 0.29) is 19.1 Å². The minimum Gasteiger partial charge on any atom is -0.756 e. The Morgan fingerprint density at radius 3 is 1.41 bits per heavy atom. The number of amides is 1. The van der Waals surface area contributed by atoms with Crippen molar-refractivity contribution in [2.45, 2.75) is 251 Å². The van der Waals surface area contributed by atoms with Crippen molar-refractivity contribution in [3.8, 4) is 0 Å². The van der Waals surface area contributed by atoms with Crippen molar-refractivity contribution >= 4 is 13.7 Å². The van der Waals surface area contributed by atoms with E-state index >= 15 is 0 Å². The van der Waals surface area contributed by atoms with Gasteiger partial charge in [0, 0.05) is 6.42 Å². The largest absolute Gasteiger partial charge is 0.756 e. The minimum absolute atomic E-state index is 0.0134. The molecule has 0 aromatic heterocycles. The number of carbonyl (C=O) groups is 1. The molecule has 0 aromatic carbocycles. The molecule has 2 N–H and O–H groups in total. The number of nitrogens with zero attached hydrogens (tertiary/aromatic N) is 1. The number of allylic oxidation sites excluding steroid dienone is 4. The number of aliphatic hydroxyl groups is 1. The number of nitrogens with one attached hydrogen (secondary N) is 1. The molecule has 0 fully saturated rings. The Kier molecular flexibility index (Phi) is 41.6. The van der Waals surface area contributed by atoms with E-state index in [1.807, 2.05) is 21.1 Å². The van der Waals surface area contributed by atoms with Crippen LogP contribution in [0, 0.1) is 0 Å². The Hall–Kier alpha value is -1.02. The number of rotatable bonds is 46. The van der Waals surface area contributed by atoms with Crippen LogP contribution in [0.5, 0.6) is 0 Å². The summed E-state index contributed by atoms with van der Waals surface area (Å²) in [7, 11) is 1.31. The summed E-state index contributed by atoms with van der Waals surface area (Å²) < 4.78 is 23.3. The number of carbonyl (C=O) groups excluding carboxylic acids is 1. The van der Waals surface area contributed by atoms with Crippen molar-refractivity contribution in [3.63, 3.8) is 0 Å². The lowest BCUT2D eigenvalue weighted by Crippen LogP contribution is -2.46. The van der Waals surface area contributed by atoms with Crippen molar-refractivity contribution in [3.05, 3.63) is 24.3 Å². The first-order valence-electron chi connectivity index (χ1n) is 25.2. The standard InChI is InChI=1S/C50H99N2O6P/c1-6-8-10-12-14-16-18-19-20-21-22-23-24-25-26-27-28-29-30-31-32-33-34-36-38-40-42-44-50(54)51-48(47-58-59(55,56)57-46-45-52(3,4)5)49(53)43-41-39-37-35-17-15-13-11-9-7-2/h18-19,21-22,48-49,53H,6-17,20,23-47H2,1-5H3,(H-,51,54,55,56)/b19-18-,22-21-. The number of likely N-dealkylation sites (N-methyl/N-ethyl adjacent to an activating group) is 1. The summed E-state index contributed by atoms with van der Waals surface area (Å²) in [6.07, 6.45) is 50.6. The lowest BCUT2D eigenvalue weighted by Gasteiger charge is -2.30. The van der Waals surface area contributed by atoms with Crippen molar-refractivity contribution in [2.75, 3.05) is 40.9 Å². The lowest BCUT2D eigenvalue weighted by molar-refractivity contribution is -0.870. The van der Waals surface area contributed by atoms with Gasteiger partial charge in [-0.2, -0.15) is 0 Å². The molecule has 0 aliphatic rings. The lowest BCUT2D eigenvalue weighted by atomic mass is 10.0. The summed E-state index contributed by atoms with van der Waals surface area (Å²) in [6.45, 7) is 4.70. The highest BCUT2D eigenvalue weighted by atomic mass is 31.2. The van der Waals surface area contributed by atoms with Crippen LogP contribution in [0.25, 0.3) is 0 Å². The molecule has 1 amide bonds. The molecule has 9 heteroatoms. The molecule has 0 radical (unpaired) electrons. The molecule has 3 unspecified atom stereocenters. The van der Waals surface area contributed by atoms with Gasteiger partial charge >= 0.3 is 0 Å². The fourth-order valence-corrected chi connectivity index (χ4v) is 8.15. The molecule has 0 spiro atoms. The Morgan fingerprint density at radius 2 is 0.983 bits per heavy atom. The normalized spacial score (nSPS) is 14.4. The molecule has 0 saturated heterocycles. The van der Waals surface area contributed by atoms with Gasteiger partial charge in [0.05, 0.1) is 39.9 Å². The maximum atomic E-state index is 12.9. The van der Waals surface area contributed by atoms with Crippen LogP contribution in [0.1, 0.15) is 239 Å². The number of unbranched alkanes of at least 4 members (excludes halogenated alkanes) is 29. The van der Waals surface area contributed by atoms with Crippen molar-refractivity contribution in [1.82, 2.24) is 5.32 Å². The van der Waals surface area contributed by atoms with Crippen molar-refractivity contribution < 1.29 is 32.9 Å². The van der Waals surface area contributed by atoms with Gasteiger partial charge in [0.25, 0.3) is 7.82 Å². The number of quaternary nitrogens is 1. The van der Waals surface area contributed by atoms with Gasteiger partial charge in [-0.15, -0.1) is 0 Å². The second-order valence-corrected chi connectivity index (χ2v) is 19.9. The smallest absolute Gasteiger partial charge is 0.268 e. The summed E-state index contributed by atoms with van der Waals surface area (Å²) in [4.78, 5) is 25.3. The quantitative estimate of drug-likeness (QED) is 0.0273. The minimum atomic E-state index is -4.56. The topological polar surface area (TPSA) is 108 Å². The highest BCUT2D eigenvalue weighted by Gasteiger charge is 2.24. The number of phosphoric acid groups is 1. The highest BCUT2D eigenvalue weighted by molar-refractivity contribution is 7.45. The van der Waals surface area contributed by atoms with Crippen LogP contribution in [-0.4, -0.2) is 68.5 Å². The maximum Gasteiger partial charge on any atom is 0.268 e. The molecule has 0 heterocycles. The Balaban J connectivity index is 4.06. The first-order valence-corrected chi connectivity index (χ1v) is 26.6. The van der Waals surface area contributed by atoms with Crippen LogP contribution in [0.15, 0.2) is 24.3 Å². The maximum absolute atomic E-state index is 12.9. The van der Waals surface area contributed by atoms with Gasteiger partial charge < -0.3 is 28.8 Å². The molecule has 3 atom stereocenters. The first-order chi connectivity index (χ1) is 28.5. The predicted octanol–water partition coefficient (Wildman–Crippen LogP) is 13.8. The van der Waals surface area contributed by atoms with Gasteiger partial charge in [0.15, 0.2) is 0 Å². The third-order valence-corrected chi connectivity index (χ3v) is 12.4. The summed E-state index contributed by atoms with van der Waals surface area (Å²) in [5, 5.41) is 13.9. The number of aliphatic hydroxyl groups excluding tert-OH is 1. The Bertz CT molecular complexity index is 1020. The molecule has 0 aliphatic carbocycles. The van der Waals surface area contributed by atoms with Crippen LogP contribution in [0.2, 0.25) is 0 Å². The molecular formula is C50H99N2O6P. The average Bonchev–Trinajstić information content (AvgIpc) is 3.19. The molecule has 0 aliphatic heterocycles. The summed E-state index contributed by atoms with van der Waals surface area (Å²) >= 11 is 0. The van der Waals surface area contributed by atoms with Gasteiger partial charge in [-0.3, -0.25) is 9.36 Å². The van der Waals surface area contributed by atoms with E-state index in [9.17, 15) is 19.4 Å². The molecular weight excluding hydrogens is 756 g/mol. The summed E-state index contributed by atoms with van der Waals surface area (Å²) in [5.74, 6) is -0.165. The van der Waals surface area contributed by atoms with Crippen LogP contribution in [-0.2, 0) is 18.4 Å². The van der Waals surface area contributed by atoms with Gasteiger partial charge in [0.2, 0.25) is 5.91 Å². The predicted molar refractivity (Wildman–Crippen MR) is 252 cm³/mol. The van der Waals surface area contributed by atoms with Crippen LogP contribution < -0.4 is 10.2 Å². The molecule has 350 valence electrons.